The molecule has 0 N–H and O–H groups in total. The highest BCUT2D eigenvalue weighted by Gasteiger charge is 2.05. The smallest absolute Gasteiger partial charge is 0.167 e. The summed E-state index contributed by atoms with van der Waals surface area (Å²) >= 11 is 6.34. The minimum Gasteiger partial charge on any atom is -0.241 e. The summed E-state index contributed by atoms with van der Waals surface area (Å²) in [6.45, 7) is 2.11. The van der Waals surface area contributed by atoms with E-state index < -0.39 is 0 Å². The van der Waals surface area contributed by atoms with E-state index in [2.05, 4.69) is 13.1 Å². The van der Waals surface area contributed by atoms with Gasteiger partial charge in [-0.25, -0.2) is 4.58 Å². The Kier molecular flexibility index (Phi) is 4.57. The quantitative estimate of drug-likeness (QED) is 0.545. The van der Waals surface area contributed by atoms with Crippen LogP contribution in [-0.4, -0.2) is 24.9 Å². The maximum Gasteiger partial charge on any atom is 0.167 e. The Bertz CT molecular complexity index is 373. The molecule has 0 spiro atoms. The van der Waals surface area contributed by atoms with Crippen LogP contribution in [0, 0.1) is 0 Å². The first-order chi connectivity index (χ1) is 7.15. The molecule has 0 saturated carbocycles. The molecule has 0 aliphatic carbocycles. The van der Waals surface area contributed by atoms with Crippen LogP contribution in [0.1, 0.15) is 18.9 Å². The zero-order valence-electron chi connectivity index (χ0n) is 9.50. The molecule has 2 heteroatoms. The number of benzene rings is 1. The van der Waals surface area contributed by atoms with E-state index in [1.165, 1.54) is 0 Å². The van der Waals surface area contributed by atoms with Crippen molar-refractivity contribution < 1.29 is 4.58 Å². The lowest BCUT2D eigenvalue weighted by atomic mass is 10.1. The minimum absolute atomic E-state index is 0.840. The molecule has 80 valence electrons. The molecule has 1 rings (SSSR count). The standard InChI is InChI=1S/C13H17ClN/c1-4-11(10-15(2)3)13(14)12-8-6-5-7-9-12/h5-10H,4H2,1-3H3/q+1/b13-11+. The van der Waals surface area contributed by atoms with Crippen LogP contribution >= 0.6 is 11.6 Å². The number of halogens is 1. The van der Waals surface area contributed by atoms with Crippen LogP contribution in [0.25, 0.3) is 5.03 Å². The van der Waals surface area contributed by atoms with Crippen molar-refractivity contribution in [1.82, 2.24) is 0 Å². The van der Waals surface area contributed by atoms with Gasteiger partial charge in [-0.05, 0) is 12.0 Å². The van der Waals surface area contributed by atoms with E-state index in [0.717, 1.165) is 22.6 Å². The van der Waals surface area contributed by atoms with Gasteiger partial charge in [0.25, 0.3) is 0 Å². The molecule has 0 aromatic heterocycles. The van der Waals surface area contributed by atoms with E-state index in [9.17, 15) is 0 Å². The fourth-order valence-corrected chi connectivity index (χ4v) is 1.69. The SMILES string of the molecule is CC/C(C=[N+](C)C)=C(\Cl)c1ccccc1. The Balaban J connectivity index is 3.12. The first-order valence-corrected chi connectivity index (χ1v) is 5.48. The average molecular weight is 223 g/mol. The van der Waals surface area contributed by atoms with Crippen LogP contribution in [0.15, 0.2) is 35.9 Å². The second-order valence-corrected chi connectivity index (χ2v) is 4.03. The van der Waals surface area contributed by atoms with Gasteiger partial charge in [-0.2, -0.15) is 0 Å². The third-order valence-corrected chi connectivity index (χ3v) is 2.57. The molecule has 0 amide bonds. The zero-order valence-corrected chi connectivity index (χ0v) is 10.3. The summed E-state index contributed by atoms with van der Waals surface area (Å²) in [6, 6.07) is 10.1. The van der Waals surface area contributed by atoms with Gasteiger partial charge in [0.2, 0.25) is 0 Å². The topological polar surface area (TPSA) is 3.01 Å². The molecule has 0 radical (unpaired) electrons. The summed E-state index contributed by atoms with van der Waals surface area (Å²) in [5.74, 6) is 0. The third-order valence-electron chi connectivity index (χ3n) is 2.10. The molecule has 0 aliphatic heterocycles. The monoisotopic (exact) mass is 222 g/mol. The van der Waals surface area contributed by atoms with Crippen molar-refractivity contribution in [3.05, 3.63) is 41.5 Å². The van der Waals surface area contributed by atoms with Crippen molar-refractivity contribution in [2.24, 2.45) is 0 Å². The van der Waals surface area contributed by atoms with Crippen molar-refractivity contribution in [1.29, 1.82) is 0 Å². The number of hydrogen-bond donors (Lipinski definition) is 0. The maximum atomic E-state index is 6.34. The molecule has 0 saturated heterocycles. The summed E-state index contributed by atoms with van der Waals surface area (Å²) in [7, 11) is 4.01. The molecular formula is C13H17ClN+. The van der Waals surface area contributed by atoms with Crippen molar-refractivity contribution in [3.63, 3.8) is 0 Å². The van der Waals surface area contributed by atoms with E-state index in [4.69, 9.17) is 11.6 Å². The predicted octanol–water partition coefficient (Wildman–Crippen LogP) is 3.39. The van der Waals surface area contributed by atoms with Crippen molar-refractivity contribution in [3.8, 4) is 0 Å². The minimum atomic E-state index is 0.840. The Hall–Kier alpha value is -1.08. The highest BCUT2D eigenvalue weighted by Crippen LogP contribution is 2.23. The van der Waals surface area contributed by atoms with Gasteiger partial charge in [0, 0.05) is 5.57 Å². The third kappa shape index (κ3) is 3.52. The molecule has 1 nitrogen and oxygen atoms in total. The fourth-order valence-electron chi connectivity index (χ4n) is 1.38. The maximum absolute atomic E-state index is 6.34. The highest BCUT2D eigenvalue weighted by atomic mass is 35.5. The van der Waals surface area contributed by atoms with E-state index in [1.54, 1.807) is 0 Å². The normalized spacial score (nSPS) is 12.0. The Morgan fingerprint density at radius 2 is 1.87 bits per heavy atom. The van der Waals surface area contributed by atoms with Gasteiger partial charge in [-0.15, -0.1) is 0 Å². The lowest BCUT2D eigenvalue weighted by molar-refractivity contribution is -0.459. The van der Waals surface area contributed by atoms with Crippen molar-refractivity contribution in [2.45, 2.75) is 13.3 Å². The molecular weight excluding hydrogens is 206 g/mol. The number of hydrogen-bond acceptors (Lipinski definition) is 0. The van der Waals surface area contributed by atoms with Crippen LogP contribution in [0.3, 0.4) is 0 Å². The lowest BCUT2D eigenvalue weighted by Crippen LogP contribution is -2.01. The summed E-state index contributed by atoms with van der Waals surface area (Å²) in [6.07, 6.45) is 3.00. The second-order valence-electron chi connectivity index (χ2n) is 3.65. The summed E-state index contributed by atoms with van der Waals surface area (Å²) in [5, 5.41) is 0.840. The van der Waals surface area contributed by atoms with E-state index in [-0.39, 0.29) is 0 Å². The Morgan fingerprint density at radius 1 is 1.27 bits per heavy atom. The predicted molar refractivity (Wildman–Crippen MR) is 67.7 cm³/mol. The fraction of sp³-hybridized carbons (Fsp3) is 0.308. The van der Waals surface area contributed by atoms with Gasteiger partial charge in [-0.3, -0.25) is 0 Å². The van der Waals surface area contributed by atoms with Crippen LogP contribution in [0.5, 0.6) is 0 Å². The number of rotatable bonds is 3. The van der Waals surface area contributed by atoms with Crippen LogP contribution in [0.2, 0.25) is 0 Å². The van der Waals surface area contributed by atoms with Crippen LogP contribution in [0.4, 0.5) is 0 Å². The lowest BCUT2D eigenvalue weighted by Gasteiger charge is -2.02. The molecule has 15 heavy (non-hydrogen) atoms. The van der Waals surface area contributed by atoms with Gasteiger partial charge in [-0.1, -0.05) is 48.9 Å². The Morgan fingerprint density at radius 3 is 2.33 bits per heavy atom. The average Bonchev–Trinajstić information content (AvgIpc) is 2.26. The molecule has 0 fully saturated rings. The molecule has 0 atom stereocenters. The first-order valence-electron chi connectivity index (χ1n) is 5.10. The van der Waals surface area contributed by atoms with E-state index in [0.29, 0.717) is 0 Å². The van der Waals surface area contributed by atoms with Gasteiger partial charge in [0.15, 0.2) is 6.21 Å². The largest absolute Gasteiger partial charge is 0.241 e. The zero-order chi connectivity index (χ0) is 11.3. The molecule has 1 aromatic rings. The molecule has 0 aliphatic rings. The van der Waals surface area contributed by atoms with Gasteiger partial charge >= 0.3 is 0 Å². The first kappa shape index (κ1) is 12.0. The molecule has 1 aromatic carbocycles. The van der Waals surface area contributed by atoms with Gasteiger partial charge in [0.05, 0.1) is 5.03 Å². The highest BCUT2D eigenvalue weighted by molar-refractivity contribution is 6.50. The summed E-state index contributed by atoms with van der Waals surface area (Å²) < 4.78 is 2.02. The molecule has 0 unspecified atom stereocenters. The van der Waals surface area contributed by atoms with Crippen LogP contribution < -0.4 is 0 Å². The van der Waals surface area contributed by atoms with E-state index in [1.807, 2.05) is 49.0 Å². The van der Waals surface area contributed by atoms with E-state index >= 15 is 0 Å². The number of nitrogens with zero attached hydrogens (tertiary/aromatic N) is 1. The van der Waals surface area contributed by atoms with Gasteiger partial charge < -0.3 is 0 Å². The van der Waals surface area contributed by atoms with Crippen molar-refractivity contribution in [2.75, 3.05) is 14.1 Å². The second kappa shape index (κ2) is 5.72. The summed E-state index contributed by atoms with van der Waals surface area (Å²) in [5.41, 5.74) is 2.24. The van der Waals surface area contributed by atoms with Crippen LogP contribution in [-0.2, 0) is 0 Å². The van der Waals surface area contributed by atoms with Gasteiger partial charge in [0.1, 0.15) is 14.1 Å². The number of allylic oxidation sites excluding steroid dienone is 1. The molecule has 0 heterocycles. The molecule has 0 bridgehead atoms. The Labute approximate surface area is 96.7 Å². The van der Waals surface area contributed by atoms with Crippen molar-refractivity contribution >= 4 is 22.8 Å². The summed E-state index contributed by atoms with van der Waals surface area (Å²) in [4.78, 5) is 0.